The fourth-order valence-corrected chi connectivity index (χ4v) is 8.14. The monoisotopic (exact) mass is 638 g/mol. The third-order valence-corrected chi connectivity index (χ3v) is 10.8. The van der Waals surface area contributed by atoms with E-state index in [-0.39, 0.29) is 5.41 Å². The highest BCUT2D eigenvalue weighted by atomic mass is 15.0. The van der Waals surface area contributed by atoms with Crippen LogP contribution < -0.4 is 0 Å². The molecule has 2 aromatic heterocycles. The minimum atomic E-state index is -0.238. The van der Waals surface area contributed by atoms with Crippen LogP contribution in [-0.2, 0) is 5.41 Å². The van der Waals surface area contributed by atoms with E-state index in [0.29, 0.717) is 0 Å². The Balaban J connectivity index is 1.18. The van der Waals surface area contributed by atoms with Gasteiger partial charge in [-0.1, -0.05) is 129 Å². The van der Waals surface area contributed by atoms with Gasteiger partial charge in [0.2, 0.25) is 0 Å². The van der Waals surface area contributed by atoms with Crippen LogP contribution in [0.2, 0.25) is 0 Å². The molecular formula is C48H34N2. The van der Waals surface area contributed by atoms with Crippen molar-refractivity contribution in [1.29, 1.82) is 0 Å². The summed E-state index contributed by atoms with van der Waals surface area (Å²) in [7, 11) is 0. The normalized spacial score (nSPS) is 13.2. The first-order chi connectivity index (χ1) is 24.5. The van der Waals surface area contributed by atoms with Gasteiger partial charge in [0.05, 0.1) is 22.4 Å². The zero-order valence-electron chi connectivity index (χ0n) is 28.1. The van der Waals surface area contributed by atoms with Gasteiger partial charge >= 0.3 is 0 Å². The lowest BCUT2D eigenvalue weighted by Crippen LogP contribution is -2.26. The van der Waals surface area contributed by atoms with E-state index in [2.05, 4.69) is 182 Å². The van der Waals surface area contributed by atoms with Crippen molar-refractivity contribution in [2.45, 2.75) is 19.3 Å². The van der Waals surface area contributed by atoms with E-state index in [9.17, 15) is 0 Å². The second-order valence-electron chi connectivity index (χ2n) is 14.1. The Morgan fingerprint density at radius 3 is 1.84 bits per heavy atom. The maximum Gasteiger partial charge on any atom is 0.0708 e. The molecule has 0 spiro atoms. The van der Waals surface area contributed by atoms with Crippen LogP contribution >= 0.6 is 0 Å². The molecule has 7 aromatic carbocycles. The summed E-state index contributed by atoms with van der Waals surface area (Å²) in [5, 5.41) is 4.94. The molecule has 0 fully saturated rings. The second-order valence-corrected chi connectivity index (χ2v) is 14.1. The molecule has 10 rings (SSSR count). The topological polar surface area (TPSA) is 17.8 Å². The molecule has 50 heavy (non-hydrogen) atoms. The fraction of sp³-hybridized carbons (Fsp3) is 0.0625. The smallest absolute Gasteiger partial charge is 0.0708 e. The fourth-order valence-electron chi connectivity index (χ4n) is 8.14. The van der Waals surface area contributed by atoms with Crippen molar-refractivity contribution in [2.75, 3.05) is 0 Å². The zero-order valence-corrected chi connectivity index (χ0v) is 28.1. The number of benzene rings is 7. The SMILES string of the molecule is CC1(C)c2cc(-c3cccc(-c4cc5ccccc5cn4)c3)ccc2-n2c3ccc(-c4ccccc4)cc3c3cc(-c4ccccc4)cc1c32. The lowest BCUT2D eigenvalue weighted by molar-refractivity contribution is 0.630. The molecule has 0 unspecified atom stereocenters. The number of nitrogens with zero attached hydrogens (tertiary/aromatic N) is 2. The molecule has 2 nitrogen and oxygen atoms in total. The van der Waals surface area contributed by atoms with Crippen molar-refractivity contribution in [2.24, 2.45) is 0 Å². The van der Waals surface area contributed by atoms with Gasteiger partial charge < -0.3 is 4.57 Å². The van der Waals surface area contributed by atoms with Crippen LogP contribution in [0.5, 0.6) is 0 Å². The standard InChI is InChI=1S/C48H34N2/c1-48(2)42-27-36(33-18-11-19-37(24-33)44-29-34-16-9-10-17-38(34)30-49-44)21-23-46(42)50-45-22-20-35(31-12-5-3-6-13-31)25-40(45)41-26-39(28-43(48)47(41)50)32-14-7-4-8-15-32/h3-30H,1-2H3. The number of fused-ring (bicyclic) bond motifs is 6. The minimum Gasteiger partial charge on any atom is -0.309 e. The zero-order chi connectivity index (χ0) is 33.4. The summed E-state index contributed by atoms with van der Waals surface area (Å²) in [5.41, 5.74) is 15.7. The molecule has 0 amide bonds. The van der Waals surface area contributed by atoms with Crippen molar-refractivity contribution in [3.8, 4) is 50.3 Å². The number of hydrogen-bond acceptors (Lipinski definition) is 1. The predicted octanol–water partition coefficient (Wildman–Crippen LogP) is 12.6. The van der Waals surface area contributed by atoms with Crippen LogP contribution in [0.4, 0.5) is 0 Å². The van der Waals surface area contributed by atoms with Crippen LogP contribution in [0.3, 0.4) is 0 Å². The summed E-state index contributed by atoms with van der Waals surface area (Å²) < 4.78 is 2.52. The van der Waals surface area contributed by atoms with E-state index >= 15 is 0 Å². The third kappa shape index (κ3) is 4.38. The second kappa shape index (κ2) is 10.9. The minimum absolute atomic E-state index is 0.238. The number of rotatable bonds is 4. The van der Waals surface area contributed by atoms with Gasteiger partial charge in [-0.15, -0.1) is 0 Å². The molecule has 3 heterocycles. The van der Waals surface area contributed by atoms with E-state index in [1.807, 2.05) is 6.20 Å². The average molecular weight is 639 g/mol. The van der Waals surface area contributed by atoms with Crippen LogP contribution in [0, 0.1) is 0 Å². The van der Waals surface area contributed by atoms with Crippen LogP contribution in [-0.4, -0.2) is 9.55 Å². The Hall–Kier alpha value is -6.25. The van der Waals surface area contributed by atoms with Gasteiger partial charge in [0.1, 0.15) is 0 Å². The van der Waals surface area contributed by atoms with Gasteiger partial charge in [0, 0.05) is 33.3 Å². The van der Waals surface area contributed by atoms with Crippen LogP contribution in [0.25, 0.3) is 82.9 Å². The molecule has 0 radical (unpaired) electrons. The molecule has 2 heteroatoms. The molecule has 1 aliphatic heterocycles. The molecule has 236 valence electrons. The maximum absolute atomic E-state index is 4.83. The van der Waals surface area contributed by atoms with E-state index < -0.39 is 0 Å². The molecule has 0 aliphatic carbocycles. The van der Waals surface area contributed by atoms with E-state index in [1.165, 1.54) is 77.4 Å². The number of pyridine rings is 1. The Morgan fingerprint density at radius 2 is 1.04 bits per heavy atom. The molecular weight excluding hydrogens is 605 g/mol. The van der Waals surface area contributed by atoms with Crippen molar-refractivity contribution in [1.82, 2.24) is 9.55 Å². The number of hydrogen-bond donors (Lipinski definition) is 0. The average Bonchev–Trinajstić information content (AvgIpc) is 3.51. The molecule has 0 atom stereocenters. The van der Waals surface area contributed by atoms with E-state index in [4.69, 9.17) is 4.98 Å². The van der Waals surface area contributed by atoms with E-state index in [1.54, 1.807) is 0 Å². The Labute approximate surface area is 291 Å². The predicted molar refractivity (Wildman–Crippen MR) is 210 cm³/mol. The molecule has 1 aliphatic rings. The highest BCUT2D eigenvalue weighted by Crippen LogP contribution is 2.50. The van der Waals surface area contributed by atoms with Crippen LogP contribution in [0.1, 0.15) is 25.0 Å². The Kier molecular flexibility index (Phi) is 6.25. The first-order valence-corrected chi connectivity index (χ1v) is 17.4. The Morgan fingerprint density at radius 1 is 0.440 bits per heavy atom. The van der Waals surface area contributed by atoms with Gasteiger partial charge in [0.15, 0.2) is 0 Å². The molecule has 0 N–H and O–H groups in total. The Bertz CT molecular complexity index is 2770. The van der Waals surface area contributed by atoms with Gasteiger partial charge in [-0.05, 0) is 98.4 Å². The highest BCUT2D eigenvalue weighted by Gasteiger charge is 2.36. The maximum atomic E-state index is 4.83. The first kappa shape index (κ1) is 28.7. The van der Waals surface area contributed by atoms with E-state index in [0.717, 1.165) is 16.6 Å². The van der Waals surface area contributed by atoms with Crippen molar-refractivity contribution < 1.29 is 0 Å². The number of aromatic nitrogens is 2. The van der Waals surface area contributed by atoms with Gasteiger partial charge in [-0.25, -0.2) is 0 Å². The molecule has 0 saturated carbocycles. The first-order valence-electron chi connectivity index (χ1n) is 17.4. The highest BCUT2D eigenvalue weighted by molar-refractivity contribution is 6.14. The van der Waals surface area contributed by atoms with Gasteiger partial charge in [-0.2, -0.15) is 0 Å². The molecule has 0 saturated heterocycles. The lowest BCUT2D eigenvalue weighted by atomic mass is 9.73. The molecule has 9 aromatic rings. The third-order valence-electron chi connectivity index (χ3n) is 10.8. The summed E-state index contributed by atoms with van der Waals surface area (Å²) in [5.74, 6) is 0. The molecule has 0 bridgehead atoms. The van der Waals surface area contributed by atoms with Gasteiger partial charge in [-0.3, -0.25) is 4.98 Å². The van der Waals surface area contributed by atoms with Gasteiger partial charge in [0.25, 0.3) is 0 Å². The van der Waals surface area contributed by atoms with Crippen molar-refractivity contribution in [3.63, 3.8) is 0 Å². The summed E-state index contributed by atoms with van der Waals surface area (Å²) in [6.07, 6.45) is 1.98. The quantitative estimate of drug-likeness (QED) is 0.188. The largest absolute Gasteiger partial charge is 0.309 e. The van der Waals surface area contributed by atoms with Crippen molar-refractivity contribution >= 4 is 32.6 Å². The summed E-state index contributed by atoms with van der Waals surface area (Å²) in [6, 6.07) is 59.8. The lowest BCUT2D eigenvalue weighted by Gasteiger charge is -2.35. The summed E-state index contributed by atoms with van der Waals surface area (Å²) >= 11 is 0. The summed E-state index contributed by atoms with van der Waals surface area (Å²) in [6.45, 7) is 4.79. The van der Waals surface area contributed by atoms with Crippen molar-refractivity contribution in [3.05, 3.63) is 181 Å². The van der Waals surface area contributed by atoms with Crippen LogP contribution in [0.15, 0.2) is 170 Å². The summed E-state index contributed by atoms with van der Waals surface area (Å²) in [4.78, 5) is 4.83.